The lowest BCUT2D eigenvalue weighted by Gasteiger charge is -2.30. The summed E-state index contributed by atoms with van der Waals surface area (Å²) in [6.45, 7) is 13.5. The topological polar surface area (TPSA) is 113 Å². The molecule has 0 bridgehead atoms. The van der Waals surface area contributed by atoms with E-state index in [1.165, 1.54) is 6.92 Å². The van der Waals surface area contributed by atoms with E-state index in [4.69, 9.17) is 24.9 Å². The molecule has 0 radical (unpaired) electrons. The normalized spacial score (nSPS) is 18.3. The van der Waals surface area contributed by atoms with Crippen LogP contribution in [0.3, 0.4) is 0 Å². The minimum atomic E-state index is -4.61. The second-order valence-corrected chi connectivity index (χ2v) is 22.1. The van der Waals surface area contributed by atoms with Crippen LogP contribution in [0.25, 0.3) is 11.0 Å². The Bertz CT molecular complexity index is 1330. The van der Waals surface area contributed by atoms with E-state index in [1.54, 1.807) is 43.5 Å². The number of aromatic nitrogens is 2. The number of nitrogens with one attached hydrogen (secondary N) is 2. The predicted molar refractivity (Wildman–Crippen MR) is 177 cm³/mol. The van der Waals surface area contributed by atoms with Crippen molar-refractivity contribution in [2.24, 2.45) is 5.73 Å². The van der Waals surface area contributed by atoms with Gasteiger partial charge >= 0.3 is 6.18 Å². The number of alkyl halides is 5. The number of benzene rings is 1. The molecule has 0 amide bonds. The van der Waals surface area contributed by atoms with E-state index in [0.717, 1.165) is 25.8 Å². The van der Waals surface area contributed by atoms with Gasteiger partial charge in [0.1, 0.15) is 18.6 Å². The Balaban J connectivity index is 2.08. The van der Waals surface area contributed by atoms with Gasteiger partial charge in [-0.25, -0.2) is 22.7 Å². The Morgan fingerprint density at radius 3 is 2.34 bits per heavy atom. The lowest BCUT2D eigenvalue weighted by atomic mass is 10.1. The van der Waals surface area contributed by atoms with Crippen molar-refractivity contribution in [1.29, 1.82) is 0 Å². The summed E-state index contributed by atoms with van der Waals surface area (Å²) in [5, 5.41) is 2.88. The summed E-state index contributed by atoms with van der Waals surface area (Å²) < 4.78 is 104. The molecule has 16 heteroatoms. The summed E-state index contributed by atoms with van der Waals surface area (Å²) in [5.74, 6) is -2.84. The van der Waals surface area contributed by atoms with Crippen molar-refractivity contribution >= 4 is 30.1 Å². The molecule has 1 unspecified atom stereocenters. The minimum Gasteiger partial charge on any atom is -0.376 e. The molecule has 5 atom stereocenters. The summed E-state index contributed by atoms with van der Waals surface area (Å²) in [6.07, 6.45) is -5.90. The molecule has 1 aliphatic carbocycles. The van der Waals surface area contributed by atoms with Gasteiger partial charge in [0.05, 0.1) is 64.7 Å². The van der Waals surface area contributed by atoms with Crippen LogP contribution in [0.15, 0.2) is 18.2 Å². The van der Waals surface area contributed by atoms with Crippen molar-refractivity contribution in [3.05, 3.63) is 29.6 Å². The molecule has 4 N–H and O–H groups in total. The Hall–Kier alpha value is -1.53. The number of nitrogens with two attached hydrogens (primary N) is 1. The number of hydrogen-bond acceptors (Lipinski definition) is 7. The third-order valence-electron chi connectivity index (χ3n) is 7.77. The maximum absolute atomic E-state index is 14.1. The molecule has 0 saturated heterocycles. The fourth-order valence-electron chi connectivity index (χ4n) is 4.50. The van der Waals surface area contributed by atoms with Gasteiger partial charge in [-0.2, -0.15) is 13.2 Å². The maximum atomic E-state index is 14.1. The molecule has 2 aromatic rings. The van der Waals surface area contributed by atoms with Gasteiger partial charge < -0.3 is 29.8 Å². The zero-order chi connectivity index (χ0) is 35.4. The highest BCUT2D eigenvalue weighted by Crippen LogP contribution is 2.32. The lowest BCUT2D eigenvalue weighted by Crippen LogP contribution is -2.43. The van der Waals surface area contributed by atoms with Gasteiger partial charge in [0.15, 0.2) is 6.10 Å². The van der Waals surface area contributed by atoms with Gasteiger partial charge in [-0.3, -0.25) is 0 Å². The molecule has 270 valence electrons. The first-order chi connectivity index (χ1) is 21.6. The van der Waals surface area contributed by atoms with Crippen LogP contribution < -0.4 is 15.8 Å². The van der Waals surface area contributed by atoms with Crippen molar-refractivity contribution in [2.45, 2.75) is 127 Å². The van der Waals surface area contributed by atoms with E-state index in [0.29, 0.717) is 23.2 Å². The quantitative estimate of drug-likeness (QED) is 0.0903. The molecule has 9 nitrogen and oxygen atoms in total. The Morgan fingerprint density at radius 2 is 1.79 bits per heavy atom. The molecular formula is C31H52F5N5O4SSi. The summed E-state index contributed by atoms with van der Waals surface area (Å²) in [7, 11) is -3.14. The van der Waals surface area contributed by atoms with E-state index in [2.05, 4.69) is 29.7 Å². The molecule has 1 aromatic carbocycles. The fraction of sp³-hybridized carbons (Fsp3) is 0.774. The van der Waals surface area contributed by atoms with Crippen LogP contribution in [0.4, 0.5) is 22.0 Å². The number of halogens is 5. The smallest absolute Gasteiger partial charge is 0.376 e. The second kappa shape index (κ2) is 16.0. The van der Waals surface area contributed by atoms with E-state index in [-0.39, 0.29) is 25.3 Å². The highest BCUT2D eigenvalue weighted by atomic mass is 32.2. The first-order valence-electron chi connectivity index (χ1n) is 16.0. The first-order valence-corrected chi connectivity index (χ1v) is 20.9. The SMILES string of the molecule is C[C@H](O[C@H](C)[C@H](NS(=O)C(C)(C)C)c1nc2cc([C@@H](COC3CC3)NCC(F)(F)CN)ccc2n1COCC[Si](C)(C)C)C(F)(F)F. The van der Waals surface area contributed by atoms with Crippen LogP contribution in [0.5, 0.6) is 0 Å². The second-order valence-electron chi connectivity index (χ2n) is 14.5. The molecule has 0 spiro atoms. The summed E-state index contributed by atoms with van der Waals surface area (Å²) in [4.78, 5) is 4.84. The fourth-order valence-corrected chi connectivity index (χ4v) is 6.14. The molecule has 0 aliphatic heterocycles. The molecule has 1 fully saturated rings. The van der Waals surface area contributed by atoms with Crippen LogP contribution >= 0.6 is 0 Å². The van der Waals surface area contributed by atoms with Crippen LogP contribution in [-0.4, -0.2) is 83.3 Å². The number of imidazole rings is 1. The summed E-state index contributed by atoms with van der Waals surface area (Å²) in [5.41, 5.74) is 6.96. The number of ether oxygens (including phenoxy) is 3. The third-order valence-corrected chi connectivity index (χ3v) is 11.1. The monoisotopic (exact) mass is 713 g/mol. The average Bonchev–Trinajstić information content (AvgIpc) is 3.71. The van der Waals surface area contributed by atoms with Crippen LogP contribution in [0.2, 0.25) is 25.7 Å². The molecule has 47 heavy (non-hydrogen) atoms. The van der Waals surface area contributed by atoms with E-state index in [1.807, 2.05) is 0 Å². The Morgan fingerprint density at radius 1 is 1.13 bits per heavy atom. The first kappa shape index (κ1) is 39.9. The number of hydrogen-bond donors (Lipinski definition) is 3. The Kier molecular flexibility index (Phi) is 13.6. The van der Waals surface area contributed by atoms with Gasteiger partial charge in [-0.05, 0) is 71.2 Å². The van der Waals surface area contributed by atoms with E-state index < -0.39 is 73.3 Å². The average molecular weight is 714 g/mol. The van der Waals surface area contributed by atoms with Crippen molar-refractivity contribution in [2.75, 3.05) is 26.3 Å². The van der Waals surface area contributed by atoms with Crippen molar-refractivity contribution in [1.82, 2.24) is 19.6 Å². The van der Waals surface area contributed by atoms with Gasteiger partial charge in [0, 0.05) is 14.7 Å². The standard InChI is InChI=1S/C31H52F5N5O4SSi/c1-20(45-21(2)31(34,35)36)27(40-46(42)29(3,4)5)28-39-24-15-22(9-12-26(24)41(28)19-43-13-14-47(6,7)8)25(16-44-23-10-11-23)38-18-30(32,33)17-37/h9,12,15,20-21,23,25,27,38,40H,10-11,13-14,16-19,37H2,1-8H3/t20-,21+,25-,27+,46?/m1/s1. The molecular weight excluding hydrogens is 662 g/mol. The van der Waals surface area contributed by atoms with Crippen molar-refractivity contribution in [3.63, 3.8) is 0 Å². The van der Waals surface area contributed by atoms with E-state index >= 15 is 0 Å². The van der Waals surface area contributed by atoms with E-state index in [9.17, 15) is 26.2 Å². The molecule has 1 heterocycles. The zero-order valence-electron chi connectivity index (χ0n) is 28.7. The molecule has 1 saturated carbocycles. The molecule has 3 rings (SSSR count). The molecule has 1 aromatic heterocycles. The highest BCUT2D eigenvalue weighted by Gasteiger charge is 2.41. The van der Waals surface area contributed by atoms with Crippen molar-refractivity contribution in [3.8, 4) is 0 Å². The largest absolute Gasteiger partial charge is 0.414 e. The number of nitrogens with zero attached hydrogens (tertiary/aromatic N) is 2. The van der Waals surface area contributed by atoms with Crippen LogP contribution in [0.1, 0.15) is 70.9 Å². The third kappa shape index (κ3) is 12.4. The van der Waals surface area contributed by atoms with Gasteiger partial charge in [0.25, 0.3) is 5.92 Å². The summed E-state index contributed by atoms with van der Waals surface area (Å²) >= 11 is 0. The zero-order valence-corrected chi connectivity index (χ0v) is 30.5. The van der Waals surface area contributed by atoms with Crippen molar-refractivity contribution < 1.29 is 40.4 Å². The van der Waals surface area contributed by atoms with Crippen LogP contribution in [0, 0.1) is 0 Å². The highest BCUT2D eigenvalue weighted by molar-refractivity contribution is 7.84. The predicted octanol–water partition coefficient (Wildman–Crippen LogP) is 6.20. The lowest BCUT2D eigenvalue weighted by molar-refractivity contribution is -0.227. The van der Waals surface area contributed by atoms with Gasteiger partial charge in [-0.1, -0.05) is 25.7 Å². The number of rotatable bonds is 19. The number of fused-ring (bicyclic) bond motifs is 1. The van der Waals surface area contributed by atoms with Gasteiger partial charge in [0.2, 0.25) is 0 Å². The summed E-state index contributed by atoms with van der Waals surface area (Å²) in [6, 6.07) is 4.55. The Labute approximate surface area is 278 Å². The maximum Gasteiger partial charge on any atom is 0.414 e. The minimum absolute atomic E-state index is 0.0345. The van der Waals surface area contributed by atoms with Gasteiger partial charge in [-0.15, -0.1) is 0 Å². The van der Waals surface area contributed by atoms with Crippen LogP contribution in [-0.2, 0) is 31.9 Å². The molecule has 1 aliphatic rings.